The van der Waals surface area contributed by atoms with Crippen molar-refractivity contribution in [3.8, 4) is 0 Å². The molecule has 2 heterocycles. The van der Waals surface area contributed by atoms with Crippen LogP contribution in [0.2, 0.25) is 5.02 Å². The van der Waals surface area contributed by atoms with Crippen LogP contribution in [0, 0.1) is 5.92 Å². The summed E-state index contributed by atoms with van der Waals surface area (Å²) in [7, 11) is 0. The van der Waals surface area contributed by atoms with Crippen molar-refractivity contribution in [3.05, 3.63) is 29.0 Å². The molecule has 1 aliphatic rings. The normalized spacial score (nSPS) is 19.6. The minimum Gasteiger partial charge on any atom is -0.338 e. The van der Waals surface area contributed by atoms with Crippen LogP contribution >= 0.6 is 11.6 Å². The van der Waals surface area contributed by atoms with Gasteiger partial charge in [0, 0.05) is 25.5 Å². The van der Waals surface area contributed by atoms with Gasteiger partial charge in [-0.25, -0.2) is 0 Å². The summed E-state index contributed by atoms with van der Waals surface area (Å²) >= 11 is 5.99. The Bertz CT molecular complexity index is 408. The molecule has 2 rings (SSSR count). The fourth-order valence-electron chi connectivity index (χ4n) is 2.38. The third-order valence-corrected chi connectivity index (χ3v) is 3.57. The first-order valence-electron chi connectivity index (χ1n) is 6.11. The first-order valence-corrected chi connectivity index (χ1v) is 6.49. The van der Waals surface area contributed by atoms with Crippen molar-refractivity contribution in [1.82, 2.24) is 9.88 Å². The van der Waals surface area contributed by atoms with E-state index in [1.54, 1.807) is 12.3 Å². The summed E-state index contributed by atoms with van der Waals surface area (Å²) < 4.78 is 0. The quantitative estimate of drug-likeness (QED) is 0.829. The largest absolute Gasteiger partial charge is 0.338 e. The molecule has 0 saturated carbocycles. The lowest BCUT2D eigenvalue weighted by Crippen LogP contribution is -2.28. The second kappa shape index (κ2) is 5.50. The number of rotatable bonds is 3. The lowest BCUT2D eigenvalue weighted by atomic mass is 10.0. The van der Waals surface area contributed by atoms with Crippen LogP contribution in [-0.4, -0.2) is 28.9 Å². The third-order valence-electron chi connectivity index (χ3n) is 3.27. The third kappa shape index (κ3) is 2.78. The highest BCUT2D eigenvalue weighted by Crippen LogP contribution is 2.24. The Hall–Kier alpha value is -1.09. The van der Waals surface area contributed by atoms with Gasteiger partial charge in [-0.2, -0.15) is 0 Å². The molecule has 0 aromatic carbocycles. The van der Waals surface area contributed by atoms with Gasteiger partial charge < -0.3 is 4.90 Å². The van der Waals surface area contributed by atoms with E-state index in [-0.39, 0.29) is 5.91 Å². The molecule has 92 valence electrons. The van der Waals surface area contributed by atoms with Crippen LogP contribution in [-0.2, 0) is 0 Å². The van der Waals surface area contributed by atoms with Gasteiger partial charge in [0.15, 0.2) is 0 Å². The van der Waals surface area contributed by atoms with Crippen LogP contribution in [0.25, 0.3) is 0 Å². The van der Waals surface area contributed by atoms with Gasteiger partial charge in [0.2, 0.25) is 0 Å². The molecule has 4 heteroatoms. The van der Waals surface area contributed by atoms with Crippen LogP contribution in [0.5, 0.6) is 0 Å². The van der Waals surface area contributed by atoms with Gasteiger partial charge in [0.25, 0.3) is 5.91 Å². The molecule has 0 bridgehead atoms. The molecule has 1 fully saturated rings. The molecular weight excluding hydrogens is 236 g/mol. The van der Waals surface area contributed by atoms with Crippen LogP contribution < -0.4 is 0 Å². The summed E-state index contributed by atoms with van der Waals surface area (Å²) in [6, 6.07) is 1.69. The van der Waals surface area contributed by atoms with Gasteiger partial charge in [-0.3, -0.25) is 9.78 Å². The Morgan fingerprint density at radius 1 is 1.65 bits per heavy atom. The van der Waals surface area contributed by atoms with E-state index >= 15 is 0 Å². The molecule has 0 N–H and O–H groups in total. The second-order valence-corrected chi connectivity index (χ2v) is 4.96. The van der Waals surface area contributed by atoms with E-state index in [0.29, 0.717) is 16.5 Å². The van der Waals surface area contributed by atoms with E-state index in [2.05, 4.69) is 11.9 Å². The molecule has 1 unspecified atom stereocenters. The molecular formula is C13H17ClN2O. The number of hydrogen-bond donors (Lipinski definition) is 0. The molecule has 1 atom stereocenters. The number of halogens is 1. The highest BCUT2D eigenvalue weighted by Gasteiger charge is 2.27. The molecule has 1 saturated heterocycles. The number of likely N-dealkylation sites (tertiary alicyclic amines) is 1. The van der Waals surface area contributed by atoms with Gasteiger partial charge in [-0.15, -0.1) is 0 Å². The van der Waals surface area contributed by atoms with E-state index in [1.165, 1.54) is 19.0 Å². The number of carbonyl (C=O) groups is 1. The summed E-state index contributed by atoms with van der Waals surface area (Å²) in [6.45, 7) is 3.90. The first kappa shape index (κ1) is 12.4. The SMILES string of the molecule is CCCC1CCN(C(=O)c2ccncc2Cl)C1. The van der Waals surface area contributed by atoms with Gasteiger partial charge >= 0.3 is 0 Å². The van der Waals surface area contributed by atoms with Gasteiger partial charge in [-0.1, -0.05) is 24.9 Å². The van der Waals surface area contributed by atoms with E-state index < -0.39 is 0 Å². The molecule has 1 amide bonds. The molecule has 3 nitrogen and oxygen atoms in total. The smallest absolute Gasteiger partial charge is 0.255 e. The lowest BCUT2D eigenvalue weighted by molar-refractivity contribution is 0.0786. The first-order chi connectivity index (χ1) is 8.22. The maximum atomic E-state index is 12.2. The Balaban J connectivity index is 2.05. The molecule has 17 heavy (non-hydrogen) atoms. The second-order valence-electron chi connectivity index (χ2n) is 4.55. The van der Waals surface area contributed by atoms with Crippen molar-refractivity contribution in [3.63, 3.8) is 0 Å². The number of hydrogen-bond acceptors (Lipinski definition) is 2. The molecule has 0 aliphatic carbocycles. The predicted octanol–water partition coefficient (Wildman–Crippen LogP) is 3.00. The Labute approximate surface area is 107 Å². The van der Waals surface area contributed by atoms with Crippen molar-refractivity contribution >= 4 is 17.5 Å². The minimum atomic E-state index is 0.0380. The Morgan fingerprint density at radius 3 is 3.18 bits per heavy atom. The van der Waals surface area contributed by atoms with Crippen LogP contribution in [0.1, 0.15) is 36.5 Å². The predicted molar refractivity (Wildman–Crippen MR) is 68.2 cm³/mol. The fourth-order valence-corrected chi connectivity index (χ4v) is 2.58. The number of aromatic nitrogens is 1. The maximum Gasteiger partial charge on any atom is 0.255 e. The summed E-state index contributed by atoms with van der Waals surface area (Å²) in [5, 5.41) is 0.441. The van der Waals surface area contributed by atoms with Crippen LogP contribution in [0.3, 0.4) is 0 Å². The van der Waals surface area contributed by atoms with Crippen LogP contribution in [0.4, 0.5) is 0 Å². The zero-order chi connectivity index (χ0) is 12.3. The monoisotopic (exact) mass is 252 g/mol. The molecule has 0 radical (unpaired) electrons. The lowest BCUT2D eigenvalue weighted by Gasteiger charge is -2.17. The average molecular weight is 253 g/mol. The van der Waals surface area contributed by atoms with Crippen molar-refractivity contribution in [2.75, 3.05) is 13.1 Å². The van der Waals surface area contributed by atoms with Crippen molar-refractivity contribution in [2.24, 2.45) is 5.92 Å². The molecule has 1 aromatic rings. The maximum absolute atomic E-state index is 12.2. The summed E-state index contributed by atoms with van der Waals surface area (Å²) in [5.41, 5.74) is 0.568. The molecule has 0 spiro atoms. The van der Waals surface area contributed by atoms with Crippen molar-refractivity contribution < 1.29 is 4.79 Å². The van der Waals surface area contributed by atoms with E-state index in [9.17, 15) is 4.79 Å². The Kier molecular flexibility index (Phi) is 4.00. The molecule has 1 aliphatic heterocycles. The highest BCUT2D eigenvalue weighted by molar-refractivity contribution is 6.33. The number of carbonyl (C=O) groups excluding carboxylic acids is 1. The topological polar surface area (TPSA) is 33.2 Å². The number of amides is 1. The van der Waals surface area contributed by atoms with Crippen molar-refractivity contribution in [2.45, 2.75) is 26.2 Å². The zero-order valence-electron chi connectivity index (χ0n) is 10.0. The summed E-state index contributed by atoms with van der Waals surface area (Å²) in [6.07, 6.45) is 6.63. The standard InChI is InChI=1S/C13H17ClN2O/c1-2-3-10-5-7-16(9-10)13(17)11-4-6-15-8-12(11)14/h4,6,8,10H,2-3,5,7,9H2,1H3. The minimum absolute atomic E-state index is 0.0380. The van der Waals surface area contributed by atoms with E-state index in [4.69, 9.17) is 11.6 Å². The number of pyridine rings is 1. The van der Waals surface area contributed by atoms with E-state index in [0.717, 1.165) is 19.5 Å². The average Bonchev–Trinajstić information content (AvgIpc) is 2.78. The van der Waals surface area contributed by atoms with E-state index in [1.807, 2.05) is 4.90 Å². The van der Waals surface area contributed by atoms with Gasteiger partial charge in [-0.05, 0) is 24.8 Å². The van der Waals surface area contributed by atoms with Gasteiger partial charge in [0.05, 0.1) is 10.6 Å². The van der Waals surface area contributed by atoms with Crippen molar-refractivity contribution in [1.29, 1.82) is 0 Å². The zero-order valence-corrected chi connectivity index (χ0v) is 10.8. The Morgan fingerprint density at radius 2 is 2.47 bits per heavy atom. The van der Waals surface area contributed by atoms with Gasteiger partial charge in [0.1, 0.15) is 0 Å². The van der Waals surface area contributed by atoms with Crippen LogP contribution in [0.15, 0.2) is 18.5 Å². The summed E-state index contributed by atoms with van der Waals surface area (Å²) in [5.74, 6) is 0.695. The summed E-state index contributed by atoms with van der Waals surface area (Å²) in [4.78, 5) is 18.0. The fraction of sp³-hybridized carbons (Fsp3) is 0.538. The number of nitrogens with zero attached hydrogens (tertiary/aromatic N) is 2. The highest BCUT2D eigenvalue weighted by atomic mass is 35.5. The molecule has 1 aromatic heterocycles.